The van der Waals surface area contributed by atoms with Crippen molar-refractivity contribution in [2.45, 2.75) is 64.1 Å². The molecule has 0 saturated heterocycles. The van der Waals surface area contributed by atoms with Crippen molar-refractivity contribution in [2.24, 2.45) is 0 Å². The van der Waals surface area contributed by atoms with Crippen LogP contribution in [-0.4, -0.2) is 48.6 Å². The number of esters is 1. The minimum Gasteiger partial charge on any atom is -0.489 e. The van der Waals surface area contributed by atoms with Crippen LogP contribution in [0.4, 0.5) is 0 Å². The van der Waals surface area contributed by atoms with Crippen molar-refractivity contribution in [2.75, 3.05) is 13.7 Å². The van der Waals surface area contributed by atoms with Crippen LogP contribution in [0.1, 0.15) is 53.3 Å². The number of benzene rings is 5. The predicted octanol–water partition coefficient (Wildman–Crippen LogP) is 8.66. The van der Waals surface area contributed by atoms with Gasteiger partial charge >= 0.3 is 5.97 Å². The maximum absolute atomic E-state index is 14.0. The Balaban J connectivity index is 1.00. The summed E-state index contributed by atoms with van der Waals surface area (Å²) >= 11 is 12.2. The number of ether oxygens (including phenoxy) is 4. The Morgan fingerprint density at radius 1 is 0.875 bits per heavy atom. The van der Waals surface area contributed by atoms with Crippen molar-refractivity contribution in [1.82, 2.24) is 10.2 Å². The highest BCUT2D eigenvalue weighted by Gasteiger charge is 2.37. The lowest BCUT2D eigenvalue weighted by Gasteiger charge is -2.40. The average Bonchev–Trinajstić information content (AvgIpc) is 3.22. The molecule has 1 N–H and O–H groups in total. The topological polar surface area (TPSA) is 110 Å². The Bertz CT molecular complexity index is 2250. The highest BCUT2D eigenvalue weighted by atomic mass is 35.5. The van der Waals surface area contributed by atoms with Gasteiger partial charge in [0.15, 0.2) is 17.6 Å². The van der Waals surface area contributed by atoms with Gasteiger partial charge in [-0.05, 0) is 108 Å². The lowest BCUT2D eigenvalue weighted by molar-refractivity contribution is -0.146. The van der Waals surface area contributed by atoms with Crippen LogP contribution in [-0.2, 0) is 40.3 Å². The Kier molecular flexibility index (Phi) is 11.8. The van der Waals surface area contributed by atoms with Gasteiger partial charge < -0.3 is 24.3 Å². The quantitative estimate of drug-likeness (QED) is 0.133. The van der Waals surface area contributed by atoms with E-state index in [9.17, 15) is 9.59 Å². The summed E-state index contributed by atoms with van der Waals surface area (Å²) in [6.07, 6.45) is 0.400. The maximum Gasteiger partial charge on any atom is 0.328 e. The van der Waals surface area contributed by atoms with E-state index in [1.807, 2.05) is 78.9 Å². The van der Waals surface area contributed by atoms with Gasteiger partial charge in [-0.2, -0.15) is 5.26 Å². The average molecular weight is 791 g/mol. The number of hydrogen-bond acceptors (Lipinski definition) is 8. The monoisotopic (exact) mass is 789 g/mol. The van der Waals surface area contributed by atoms with Crippen LogP contribution in [0.2, 0.25) is 10.0 Å². The van der Waals surface area contributed by atoms with E-state index in [-0.39, 0.29) is 24.5 Å². The molecule has 56 heavy (non-hydrogen) atoms. The zero-order valence-electron chi connectivity index (χ0n) is 31.3. The standard InChI is InChI=1S/C45H41Cl2N3O6/c1-27(2)50-24-35-22-42-41(55-26-43(56-42)33-13-15-36(16-14-33)54-25-30-8-17-37(46)38(47)18-30)21-34(35)20-40(50)44(51)49-39(45(52)53-3)19-28-4-9-31(10-5-28)32-11-6-29(23-48)7-12-32/h4-18,21-22,27,39-40,43H,19-20,24-26H2,1-3H3,(H,49,51). The lowest BCUT2D eigenvalue weighted by Crippen LogP contribution is -2.56. The molecule has 1 amide bonds. The van der Waals surface area contributed by atoms with Gasteiger partial charge in [0, 0.05) is 19.0 Å². The molecule has 0 spiro atoms. The van der Waals surface area contributed by atoms with E-state index in [1.165, 1.54) is 7.11 Å². The molecule has 2 aliphatic rings. The third-order valence-electron chi connectivity index (χ3n) is 10.2. The van der Waals surface area contributed by atoms with Crippen molar-refractivity contribution in [3.05, 3.63) is 147 Å². The molecule has 3 unspecified atom stereocenters. The molecule has 2 aliphatic heterocycles. The highest BCUT2D eigenvalue weighted by molar-refractivity contribution is 6.42. The van der Waals surface area contributed by atoms with Crippen molar-refractivity contribution in [3.63, 3.8) is 0 Å². The molecule has 0 bridgehead atoms. The van der Waals surface area contributed by atoms with Gasteiger partial charge in [0.1, 0.15) is 25.0 Å². The molecule has 2 heterocycles. The third kappa shape index (κ3) is 8.79. The van der Waals surface area contributed by atoms with E-state index in [0.29, 0.717) is 59.0 Å². The van der Waals surface area contributed by atoms with Crippen molar-refractivity contribution in [3.8, 4) is 34.4 Å². The first-order valence-corrected chi connectivity index (χ1v) is 19.2. The minimum absolute atomic E-state index is 0.0450. The van der Waals surface area contributed by atoms with Crippen molar-refractivity contribution < 1.29 is 28.5 Å². The molecule has 9 nitrogen and oxygen atoms in total. The first-order valence-electron chi connectivity index (χ1n) is 18.4. The largest absolute Gasteiger partial charge is 0.489 e. The van der Waals surface area contributed by atoms with E-state index in [1.54, 1.807) is 24.3 Å². The second kappa shape index (κ2) is 17.1. The van der Waals surface area contributed by atoms with E-state index in [2.05, 4.69) is 30.1 Å². The van der Waals surface area contributed by atoms with Gasteiger partial charge in [0.2, 0.25) is 5.91 Å². The molecule has 5 aromatic rings. The summed E-state index contributed by atoms with van der Waals surface area (Å²) in [7, 11) is 1.33. The molecule has 0 radical (unpaired) electrons. The van der Waals surface area contributed by atoms with E-state index in [4.69, 9.17) is 47.4 Å². The number of carbonyl (C=O) groups is 2. The molecule has 0 aliphatic carbocycles. The van der Waals surface area contributed by atoms with Crippen LogP contribution >= 0.6 is 23.2 Å². The van der Waals surface area contributed by atoms with Gasteiger partial charge in [-0.25, -0.2) is 4.79 Å². The highest BCUT2D eigenvalue weighted by Crippen LogP contribution is 2.41. The van der Waals surface area contributed by atoms with Crippen LogP contribution < -0.4 is 19.5 Å². The minimum atomic E-state index is -0.871. The van der Waals surface area contributed by atoms with Crippen LogP contribution in [0, 0.1) is 11.3 Å². The second-order valence-electron chi connectivity index (χ2n) is 14.3. The van der Waals surface area contributed by atoms with Gasteiger partial charge in [-0.15, -0.1) is 0 Å². The Morgan fingerprint density at radius 3 is 2.21 bits per heavy atom. The summed E-state index contributed by atoms with van der Waals surface area (Å²) in [6.45, 7) is 5.33. The summed E-state index contributed by atoms with van der Waals surface area (Å²) < 4.78 is 23.8. The normalized spacial score (nSPS) is 16.7. The molecular formula is C45H41Cl2N3O6. The second-order valence-corrected chi connectivity index (χ2v) is 15.1. The lowest BCUT2D eigenvalue weighted by atomic mass is 9.91. The molecule has 286 valence electrons. The fraction of sp³-hybridized carbons (Fsp3) is 0.267. The Labute approximate surface area is 336 Å². The summed E-state index contributed by atoms with van der Waals surface area (Å²) in [5, 5.41) is 13.1. The Hall–Kier alpha value is -5.53. The number of carbonyl (C=O) groups excluding carboxylic acids is 2. The van der Waals surface area contributed by atoms with Gasteiger partial charge in [-0.1, -0.05) is 77.8 Å². The fourth-order valence-corrected chi connectivity index (χ4v) is 7.43. The van der Waals surface area contributed by atoms with Crippen molar-refractivity contribution in [1.29, 1.82) is 5.26 Å². The van der Waals surface area contributed by atoms with Crippen LogP contribution in [0.5, 0.6) is 17.2 Å². The number of nitrogens with zero attached hydrogens (tertiary/aromatic N) is 2. The zero-order valence-corrected chi connectivity index (χ0v) is 32.8. The number of methoxy groups -OCH3 is 1. The number of halogens is 2. The molecule has 0 fully saturated rings. The van der Waals surface area contributed by atoms with Crippen LogP contribution in [0.3, 0.4) is 0 Å². The molecular weight excluding hydrogens is 749 g/mol. The fourth-order valence-electron chi connectivity index (χ4n) is 7.11. The number of rotatable bonds is 11. The molecule has 0 aromatic heterocycles. The smallest absolute Gasteiger partial charge is 0.328 e. The molecule has 7 rings (SSSR count). The van der Waals surface area contributed by atoms with Gasteiger partial charge in [0.05, 0.1) is 34.8 Å². The molecule has 3 atom stereocenters. The summed E-state index contributed by atoms with van der Waals surface area (Å²) in [5.74, 6) is 1.25. The predicted molar refractivity (Wildman–Crippen MR) is 215 cm³/mol. The van der Waals surface area contributed by atoms with E-state index in [0.717, 1.165) is 38.9 Å². The van der Waals surface area contributed by atoms with Crippen LogP contribution in [0.15, 0.2) is 103 Å². The first-order chi connectivity index (χ1) is 27.1. The first kappa shape index (κ1) is 38.7. The number of fused-ring (bicyclic) bond motifs is 2. The molecule has 5 aromatic carbocycles. The third-order valence-corrected chi connectivity index (χ3v) is 11.0. The SMILES string of the molecule is COC(=O)C(Cc1ccc(-c2ccc(C#N)cc2)cc1)NC(=O)C1Cc2cc3c(cc2CN1C(C)C)OC(c1ccc(OCc2ccc(Cl)c(Cl)c2)cc1)CO3. The van der Waals surface area contributed by atoms with Gasteiger partial charge in [-0.3, -0.25) is 9.69 Å². The number of hydrogen-bond donors (Lipinski definition) is 1. The summed E-state index contributed by atoms with van der Waals surface area (Å²) in [6, 6.07) is 33.1. The van der Waals surface area contributed by atoms with E-state index < -0.39 is 18.1 Å². The Morgan fingerprint density at radius 2 is 1.55 bits per heavy atom. The molecule has 11 heteroatoms. The van der Waals surface area contributed by atoms with E-state index >= 15 is 0 Å². The number of nitriles is 1. The summed E-state index contributed by atoms with van der Waals surface area (Å²) in [4.78, 5) is 29.2. The summed E-state index contributed by atoms with van der Waals surface area (Å²) in [5.41, 5.74) is 7.36. The maximum atomic E-state index is 14.0. The number of nitrogens with one attached hydrogen (secondary N) is 1. The van der Waals surface area contributed by atoms with Crippen LogP contribution in [0.25, 0.3) is 11.1 Å². The molecule has 0 saturated carbocycles. The number of amides is 1. The van der Waals surface area contributed by atoms with Gasteiger partial charge in [0.25, 0.3) is 0 Å². The zero-order chi connectivity index (χ0) is 39.3. The van der Waals surface area contributed by atoms with Crippen molar-refractivity contribution >= 4 is 35.1 Å².